The second-order valence-corrected chi connectivity index (χ2v) is 7.71. The van der Waals surface area contributed by atoms with Gasteiger partial charge in [-0.1, -0.05) is 36.4 Å². The van der Waals surface area contributed by atoms with Crippen molar-refractivity contribution in [2.45, 2.75) is 18.4 Å². The van der Waals surface area contributed by atoms with Crippen molar-refractivity contribution in [3.05, 3.63) is 66.0 Å². The highest BCUT2D eigenvalue weighted by atomic mass is 32.2. The van der Waals surface area contributed by atoms with E-state index in [1.54, 1.807) is 19.1 Å². The lowest BCUT2D eigenvalue weighted by Crippen LogP contribution is -2.13. The number of primary sulfonamides is 1. The van der Waals surface area contributed by atoms with Crippen LogP contribution < -0.4 is 10.5 Å². The standard InChI is InChI=1S/C18H17N7O2S/c1-12-17(20-10-13-6-3-2-4-7-13)22-18(24-23-12)25-15-8-5-9-16(28(19,26)27)14(15)11-21-25/h2-9,11H,10H2,1H3,(H2,19,26,27)(H,20,22,24). The van der Waals surface area contributed by atoms with Gasteiger partial charge in [0.1, 0.15) is 5.69 Å². The number of benzene rings is 2. The normalized spacial score (nSPS) is 11.6. The van der Waals surface area contributed by atoms with Gasteiger partial charge in [0.05, 0.1) is 16.6 Å². The number of hydrogen-bond donors (Lipinski definition) is 2. The van der Waals surface area contributed by atoms with Gasteiger partial charge in [0.25, 0.3) is 5.95 Å². The summed E-state index contributed by atoms with van der Waals surface area (Å²) in [4.78, 5) is 4.51. The molecule has 3 N–H and O–H groups in total. The minimum atomic E-state index is -3.87. The molecule has 0 atom stereocenters. The van der Waals surface area contributed by atoms with E-state index in [1.165, 1.54) is 16.9 Å². The second-order valence-electron chi connectivity index (χ2n) is 6.18. The van der Waals surface area contributed by atoms with E-state index >= 15 is 0 Å². The van der Waals surface area contributed by atoms with Crippen molar-refractivity contribution in [1.29, 1.82) is 0 Å². The van der Waals surface area contributed by atoms with E-state index in [4.69, 9.17) is 5.14 Å². The molecular formula is C18H17N7O2S. The zero-order valence-corrected chi connectivity index (χ0v) is 15.8. The molecule has 0 saturated heterocycles. The summed E-state index contributed by atoms with van der Waals surface area (Å²) < 4.78 is 25.0. The molecule has 0 radical (unpaired) electrons. The number of anilines is 1. The monoisotopic (exact) mass is 395 g/mol. The fourth-order valence-electron chi connectivity index (χ4n) is 2.84. The summed E-state index contributed by atoms with van der Waals surface area (Å²) in [5.74, 6) is 0.794. The van der Waals surface area contributed by atoms with Crippen molar-refractivity contribution in [3.8, 4) is 5.95 Å². The third-order valence-corrected chi connectivity index (χ3v) is 5.19. The van der Waals surface area contributed by atoms with Crippen LogP contribution in [-0.4, -0.2) is 33.4 Å². The van der Waals surface area contributed by atoms with E-state index in [2.05, 4.69) is 25.6 Å². The Bertz CT molecular complexity index is 1250. The van der Waals surface area contributed by atoms with Crippen LogP contribution in [0.25, 0.3) is 16.9 Å². The van der Waals surface area contributed by atoms with Crippen molar-refractivity contribution in [3.63, 3.8) is 0 Å². The lowest BCUT2D eigenvalue weighted by Gasteiger charge is -2.09. The Morgan fingerprint density at radius 3 is 2.61 bits per heavy atom. The quantitative estimate of drug-likeness (QED) is 0.527. The first kappa shape index (κ1) is 18.0. The molecule has 0 amide bonds. The molecule has 0 unspecified atom stereocenters. The van der Waals surface area contributed by atoms with Crippen LogP contribution in [0.1, 0.15) is 11.3 Å². The van der Waals surface area contributed by atoms with Gasteiger partial charge in [0, 0.05) is 11.9 Å². The van der Waals surface area contributed by atoms with Gasteiger partial charge in [0.2, 0.25) is 10.0 Å². The predicted molar refractivity (Wildman–Crippen MR) is 104 cm³/mol. The van der Waals surface area contributed by atoms with Crippen molar-refractivity contribution in [2.24, 2.45) is 5.14 Å². The van der Waals surface area contributed by atoms with Crippen LogP contribution in [0.5, 0.6) is 0 Å². The molecule has 4 aromatic rings. The number of aryl methyl sites for hydroxylation is 1. The third kappa shape index (κ3) is 3.42. The van der Waals surface area contributed by atoms with Crippen LogP contribution in [0.3, 0.4) is 0 Å². The van der Waals surface area contributed by atoms with E-state index in [1.807, 2.05) is 30.3 Å². The van der Waals surface area contributed by atoms with Gasteiger partial charge in [-0.15, -0.1) is 10.2 Å². The van der Waals surface area contributed by atoms with Crippen LogP contribution in [0, 0.1) is 6.92 Å². The van der Waals surface area contributed by atoms with Gasteiger partial charge >= 0.3 is 0 Å². The minimum Gasteiger partial charge on any atom is -0.364 e. The van der Waals surface area contributed by atoms with E-state index in [0.717, 1.165) is 5.56 Å². The van der Waals surface area contributed by atoms with Gasteiger partial charge < -0.3 is 5.32 Å². The number of fused-ring (bicyclic) bond motifs is 1. The Kier molecular flexibility index (Phi) is 4.49. The van der Waals surface area contributed by atoms with E-state index < -0.39 is 10.0 Å². The molecule has 2 aromatic heterocycles. The first-order chi connectivity index (χ1) is 13.4. The fraction of sp³-hybridized carbons (Fsp3) is 0.111. The van der Waals surface area contributed by atoms with Gasteiger partial charge in [-0.3, -0.25) is 0 Å². The molecule has 0 saturated carbocycles. The van der Waals surface area contributed by atoms with Gasteiger partial charge in [-0.05, 0) is 24.6 Å². The van der Waals surface area contributed by atoms with Gasteiger partial charge in [-0.2, -0.15) is 14.8 Å². The lowest BCUT2D eigenvalue weighted by molar-refractivity contribution is 0.598. The van der Waals surface area contributed by atoms with Crippen molar-refractivity contribution >= 4 is 26.7 Å². The summed E-state index contributed by atoms with van der Waals surface area (Å²) in [7, 11) is -3.87. The number of nitrogens with one attached hydrogen (secondary N) is 1. The molecule has 142 valence electrons. The summed E-state index contributed by atoms with van der Waals surface area (Å²) in [5, 5.41) is 21.4. The van der Waals surface area contributed by atoms with E-state index in [0.29, 0.717) is 29.0 Å². The number of sulfonamides is 1. The zero-order valence-electron chi connectivity index (χ0n) is 14.9. The molecule has 0 spiro atoms. The maximum atomic E-state index is 11.8. The predicted octanol–water partition coefficient (Wildman–Crippen LogP) is 1.78. The maximum absolute atomic E-state index is 11.8. The molecule has 0 aliphatic heterocycles. The topological polar surface area (TPSA) is 129 Å². The maximum Gasteiger partial charge on any atom is 0.272 e. The number of rotatable bonds is 5. The number of hydrogen-bond acceptors (Lipinski definition) is 7. The summed E-state index contributed by atoms with van der Waals surface area (Å²) in [5.41, 5.74) is 2.26. The highest BCUT2D eigenvalue weighted by Crippen LogP contribution is 2.23. The minimum absolute atomic E-state index is 0.00116. The number of aromatic nitrogens is 5. The molecule has 2 heterocycles. The van der Waals surface area contributed by atoms with Crippen LogP contribution in [0.2, 0.25) is 0 Å². The van der Waals surface area contributed by atoms with Crippen molar-refractivity contribution in [2.75, 3.05) is 5.32 Å². The van der Waals surface area contributed by atoms with E-state index in [9.17, 15) is 8.42 Å². The molecule has 10 heteroatoms. The lowest BCUT2D eigenvalue weighted by atomic mass is 10.2. The SMILES string of the molecule is Cc1nnc(-n2ncc3c(S(N)(=O)=O)cccc32)nc1NCc1ccccc1. The molecule has 4 rings (SSSR count). The van der Waals surface area contributed by atoms with Gasteiger partial charge in [-0.25, -0.2) is 13.6 Å². The molecule has 0 bridgehead atoms. The van der Waals surface area contributed by atoms with Crippen LogP contribution in [-0.2, 0) is 16.6 Å². The number of nitrogens with zero attached hydrogens (tertiary/aromatic N) is 5. The zero-order chi connectivity index (χ0) is 19.7. The summed E-state index contributed by atoms with van der Waals surface area (Å²) >= 11 is 0. The Balaban J connectivity index is 1.72. The summed E-state index contributed by atoms with van der Waals surface area (Å²) in [6, 6.07) is 14.6. The molecule has 9 nitrogen and oxygen atoms in total. The van der Waals surface area contributed by atoms with Crippen LogP contribution >= 0.6 is 0 Å². The summed E-state index contributed by atoms with van der Waals surface area (Å²) in [6.07, 6.45) is 1.43. The molecule has 0 aliphatic rings. The number of nitrogens with two attached hydrogens (primary N) is 1. The van der Waals surface area contributed by atoms with Crippen molar-refractivity contribution in [1.82, 2.24) is 25.0 Å². The first-order valence-electron chi connectivity index (χ1n) is 8.42. The molecule has 0 fully saturated rings. The van der Waals surface area contributed by atoms with Gasteiger partial charge in [0.15, 0.2) is 5.82 Å². The average molecular weight is 395 g/mol. The molecular weight excluding hydrogens is 378 g/mol. The summed E-state index contributed by atoms with van der Waals surface area (Å²) in [6.45, 7) is 2.38. The Labute approximate surface area is 161 Å². The first-order valence-corrected chi connectivity index (χ1v) is 9.97. The van der Waals surface area contributed by atoms with Crippen LogP contribution in [0.15, 0.2) is 59.6 Å². The molecule has 28 heavy (non-hydrogen) atoms. The third-order valence-electron chi connectivity index (χ3n) is 4.22. The Hall–Kier alpha value is -3.37. The second kappa shape index (κ2) is 6.98. The Morgan fingerprint density at radius 1 is 1.07 bits per heavy atom. The average Bonchev–Trinajstić information content (AvgIpc) is 3.11. The highest BCUT2D eigenvalue weighted by molar-refractivity contribution is 7.89. The largest absolute Gasteiger partial charge is 0.364 e. The Morgan fingerprint density at radius 2 is 1.86 bits per heavy atom. The van der Waals surface area contributed by atoms with Crippen molar-refractivity contribution < 1.29 is 8.42 Å². The van der Waals surface area contributed by atoms with Crippen LogP contribution in [0.4, 0.5) is 5.82 Å². The molecule has 2 aromatic carbocycles. The fourth-order valence-corrected chi connectivity index (χ4v) is 3.57. The smallest absolute Gasteiger partial charge is 0.272 e. The van der Waals surface area contributed by atoms with E-state index in [-0.39, 0.29) is 10.8 Å². The highest BCUT2D eigenvalue weighted by Gasteiger charge is 2.17. The molecule has 0 aliphatic carbocycles.